The number of hydrogen-bond acceptors (Lipinski definition) is 2. The van der Waals surface area contributed by atoms with Crippen molar-refractivity contribution in [2.24, 2.45) is 7.05 Å². The number of nitrogens with zero attached hydrogens (tertiary/aromatic N) is 2. The van der Waals surface area contributed by atoms with E-state index in [0.29, 0.717) is 5.95 Å². The number of imidazole rings is 1. The number of nitrogen functional groups attached to an aromatic ring is 1. The predicted octanol–water partition coefficient (Wildman–Crippen LogP) is 3.05. The topological polar surface area (TPSA) is 43.8 Å². The van der Waals surface area contributed by atoms with Gasteiger partial charge in [0.15, 0.2) is 0 Å². The summed E-state index contributed by atoms with van der Waals surface area (Å²) in [7, 11) is 1.89. The summed E-state index contributed by atoms with van der Waals surface area (Å²) >= 11 is 3.52. The number of anilines is 1. The summed E-state index contributed by atoms with van der Waals surface area (Å²) in [6.07, 6.45) is 0. The monoisotopic (exact) mass is 279 g/mol. The number of aromatic nitrogens is 2. The molecule has 2 rings (SSSR count). The molecule has 1 aromatic carbocycles. The van der Waals surface area contributed by atoms with Crippen LogP contribution in [0.2, 0.25) is 0 Å². The van der Waals surface area contributed by atoms with Gasteiger partial charge in [0.1, 0.15) is 10.3 Å². The fraction of sp³-hybridized carbons (Fsp3) is 0.250. The van der Waals surface area contributed by atoms with Crippen LogP contribution in [0.1, 0.15) is 11.1 Å². The quantitative estimate of drug-likeness (QED) is 0.872. The lowest BCUT2D eigenvalue weighted by atomic mass is 10.0. The van der Waals surface area contributed by atoms with Crippen molar-refractivity contribution in [2.75, 3.05) is 5.73 Å². The van der Waals surface area contributed by atoms with Crippen LogP contribution in [0.25, 0.3) is 11.3 Å². The Morgan fingerprint density at radius 3 is 2.56 bits per heavy atom. The Balaban J connectivity index is 2.67. The molecule has 3 nitrogen and oxygen atoms in total. The number of hydrogen-bond donors (Lipinski definition) is 1. The Bertz CT molecular complexity index is 543. The van der Waals surface area contributed by atoms with Crippen molar-refractivity contribution in [2.45, 2.75) is 13.8 Å². The van der Waals surface area contributed by atoms with Crippen LogP contribution in [-0.2, 0) is 7.05 Å². The molecule has 0 aliphatic carbocycles. The van der Waals surface area contributed by atoms with Crippen molar-refractivity contribution in [1.82, 2.24) is 9.55 Å². The standard InChI is InChI=1S/C12H14BrN3/c1-7-4-5-8(2)9(6-7)10-11(13)16(3)12(14)15-10/h4-6H,1-3H3,(H2,14,15). The van der Waals surface area contributed by atoms with Gasteiger partial charge in [-0.05, 0) is 41.4 Å². The molecule has 0 bridgehead atoms. The molecule has 0 spiro atoms. The largest absolute Gasteiger partial charge is 0.369 e. The normalized spacial score (nSPS) is 10.8. The van der Waals surface area contributed by atoms with Gasteiger partial charge in [0.2, 0.25) is 5.95 Å². The van der Waals surface area contributed by atoms with Gasteiger partial charge in [0.05, 0.1) is 0 Å². The smallest absolute Gasteiger partial charge is 0.201 e. The first kappa shape index (κ1) is 11.2. The minimum Gasteiger partial charge on any atom is -0.369 e. The molecule has 4 heteroatoms. The third-order valence-electron chi connectivity index (χ3n) is 2.71. The summed E-state index contributed by atoms with van der Waals surface area (Å²) in [6, 6.07) is 6.32. The molecule has 0 unspecified atom stereocenters. The lowest BCUT2D eigenvalue weighted by Crippen LogP contribution is -1.96. The Morgan fingerprint density at radius 1 is 1.31 bits per heavy atom. The second kappa shape index (κ2) is 3.94. The Kier molecular flexibility index (Phi) is 2.76. The number of benzene rings is 1. The molecule has 0 aliphatic rings. The van der Waals surface area contributed by atoms with Gasteiger partial charge in [-0.3, -0.25) is 0 Å². The molecule has 0 saturated carbocycles. The Hall–Kier alpha value is -1.29. The maximum Gasteiger partial charge on any atom is 0.201 e. The van der Waals surface area contributed by atoms with Crippen molar-refractivity contribution < 1.29 is 0 Å². The summed E-state index contributed by atoms with van der Waals surface area (Å²) in [5, 5.41) is 0. The SMILES string of the molecule is Cc1ccc(C)c(-c2nc(N)n(C)c2Br)c1. The lowest BCUT2D eigenvalue weighted by Gasteiger charge is -2.05. The van der Waals surface area contributed by atoms with Gasteiger partial charge in [-0.25, -0.2) is 4.98 Å². The van der Waals surface area contributed by atoms with Crippen LogP contribution in [0, 0.1) is 13.8 Å². The van der Waals surface area contributed by atoms with Gasteiger partial charge in [0, 0.05) is 12.6 Å². The van der Waals surface area contributed by atoms with Gasteiger partial charge in [-0.1, -0.05) is 17.7 Å². The molecule has 16 heavy (non-hydrogen) atoms. The zero-order valence-corrected chi connectivity index (χ0v) is 11.2. The third-order valence-corrected chi connectivity index (χ3v) is 3.62. The van der Waals surface area contributed by atoms with Crippen LogP contribution < -0.4 is 5.73 Å². The van der Waals surface area contributed by atoms with E-state index in [4.69, 9.17) is 5.73 Å². The van der Waals surface area contributed by atoms with Crippen molar-refractivity contribution in [3.63, 3.8) is 0 Å². The van der Waals surface area contributed by atoms with Crippen molar-refractivity contribution in [3.8, 4) is 11.3 Å². The second-order valence-corrected chi connectivity index (χ2v) is 4.74. The highest BCUT2D eigenvalue weighted by molar-refractivity contribution is 9.10. The van der Waals surface area contributed by atoms with E-state index in [2.05, 4.69) is 53.0 Å². The van der Waals surface area contributed by atoms with Gasteiger partial charge in [-0.2, -0.15) is 0 Å². The Labute approximate surface area is 103 Å². The van der Waals surface area contributed by atoms with Crippen LogP contribution >= 0.6 is 15.9 Å². The summed E-state index contributed by atoms with van der Waals surface area (Å²) in [4.78, 5) is 4.38. The molecule has 0 radical (unpaired) electrons. The van der Waals surface area contributed by atoms with E-state index < -0.39 is 0 Å². The van der Waals surface area contributed by atoms with E-state index in [1.54, 1.807) is 0 Å². The summed E-state index contributed by atoms with van der Waals surface area (Å²) in [5.41, 5.74) is 10.2. The van der Waals surface area contributed by atoms with Crippen LogP contribution in [0.4, 0.5) is 5.95 Å². The summed E-state index contributed by atoms with van der Waals surface area (Å²) < 4.78 is 2.75. The molecular formula is C12H14BrN3. The zero-order valence-electron chi connectivity index (χ0n) is 9.58. The molecule has 0 saturated heterocycles. The predicted molar refractivity (Wildman–Crippen MR) is 70.2 cm³/mol. The first-order valence-corrected chi connectivity index (χ1v) is 5.85. The molecule has 2 aromatic rings. The summed E-state index contributed by atoms with van der Waals surface area (Å²) in [5.74, 6) is 0.516. The molecular weight excluding hydrogens is 266 g/mol. The number of rotatable bonds is 1. The third kappa shape index (κ3) is 1.73. The second-order valence-electron chi connectivity index (χ2n) is 3.99. The number of halogens is 1. The highest BCUT2D eigenvalue weighted by Gasteiger charge is 2.13. The van der Waals surface area contributed by atoms with E-state index in [-0.39, 0.29) is 0 Å². The van der Waals surface area contributed by atoms with Crippen molar-refractivity contribution in [3.05, 3.63) is 33.9 Å². The highest BCUT2D eigenvalue weighted by atomic mass is 79.9. The minimum absolute atomic E-state index is 0.516. The van der Waals surface area contributed by atoms with Crippen LogP contribution in [0.15, 0.2) is 22.8 Å². The van der Waals surface area contributed by atoms with Crippen molar-refractivity contribution >= 4 is 21.9 Å². The molecule has 1 heterocycles. The van der Waals surface area contributed by atoms with Gasteiger partial charge >= 0.3 is 0 Å². The van der Waals surface area contributed by atoms with Crippen molar-refractivity contribution in [1.29, 1.82) is 0 Å². The molecule has 0 aliphatic heterocycles. The molecule has 0 amide bonds. The lowest BCUT2D eigenvalue weighted by molar-refractivity contribution is 0.907. The van der Waals surface area contributed by atoms with E-state index in [1.165, 1.54) is 11.1 Å². The van der Waals surface area contributed by atoms with Gasteiger partial charge in [-0.15, -0.1) is 0 Å². The van der Waals surface area contributed by atoms with Crippen LogP contribution in [-0.4, -0.2) is 9.55 Å². The van der Waals surface area contributed by atoms with E-state index in [1.807, 2.05) is 11.6 Å². The first-order valence-electron chi connectivity index (χ1n) is 5.06. The number of nitrogens with two attached hydrogens (primary N) is 1. The average Bonchev–Trinajstić information content (AvgIpc) is 2.50. The van der Waals surface area contributed by atoms with Gasteiger partial charge in [0.25, 0.3) is 0 Å². The molecule has 2 N–H and O–H groups in total. The summed E-state index contributed by atoms with van der Waals surface area (Å²) in [6.45, 7) is 4.15. The number of aryl methyl sites for hydroxylation is 2. The first-order chi connectivity index (χ1) is 7.50. The zero-order chi connectivity index (χ0) is 11.9. The molecule has 1 aromatic heterocycles. The van der Waals surface area contributed by atoms with Crippen LogP contribution in [0.3, 0.4) is 0 Å². The average molecular weight is 280 g/mol. The van der Waals surface area contributed by atoms with Crippen LogP contribution in [0.5, 0.6) is 0 Å². The van der Waals surface area contributed by atoms with E-state index in [0.717, 1.165) is 15.9 Å². The molecule has 0 atom stereocenters. The van der Waals surface area contributed by atoms with Gasteiger partial charge < -0.3 is 10.3 Å². The van der Waals surface area contributed by atoms with E-state index in [9.17, 15) is 0 Å². The molecule has 0 fully saturated rings. The maximum atomic E-state index is 5.79. The highest BCUT2D eigenvalue weighted by Crippen LogP contribution is 2.31. The maximum absolute atomic E-state index is 5.79. The fourth-order valence-electron chi connectivity index (χ4n) is 1.66. The minimum atomic E-state index is 0.516. The Morgan fingerprint density at radius 2 is 2.00 bits per heavy atom. The van der Waals surface area contributed by atoms with E-state index >= 15 is 0 Å². The molecule has 84 valence electrons. The fourth-order valence-corrected chi connectivity index (χ4v) is 2.14.